The molecule has 3 aromatic heterocycles. The Morgan fingerprint density at radius 3 is 2.63 bits per heavy atom. The molecule has 41 heavy (non-hydrogen) atoms. The molecule has 0 radical (unpaired) electrons. The van der Waals surface area contributed by atoms with Crippen LogP contribution in [0.3, 0.4) is 0 Å². The van der Waals surface area contributed by atoms with Crippen molar-refractivity contribution in [3.8, 4) is 11.7 Å². The number of likely N-dealkylation sites (tertiary alicyclic amines) is 1. The zero-order valence-electron chi connectivity index (χ0n) is 22.8. The van der Waals surface area contributed by atoms with E-state index in [0.29, 0.717) is 36.0 Å². The van der Waals surface area contributed by atoms with Gasteiger partial charge in [-0.15, -0.1) is 11.3 Å². The number of hydrogen-bond donors (Lipinski definition) is 1. The van der Waals surface area contributed by atoms with Crippen LogP contribution in [0.1, 0.15) is 41.0 Å². The van der Waals surface area contributed by atoms with Crippen LogP contribution in [0.2, 0.25) is 5.15 Å². The summed E-state index contributed by atoms with van der Waals surface area (Å²) in [4.78, 5) is 36.2. The first kappa shape index (κ1) is 27.2. The number of nitrogens with zero attached hydrogens (tertiary/aromatic N) is 5. The Hall–Kier alpha value is -3.96. The van der Waals surface area contributed by atoms with E-state index < -0.39 is 11.6 Å². The third-order valence-corrected chi connectivity index (χ3v) is 8.33. The summed E-state index contributed by atoms with van der Waals surface area (Å²) < 4.78 is 13.3. The van der Waals surface area contributed by atoms with Crippen molar-refractivity contribution >= 4 is 34.9 Å². The number of fused-ring (bicyclic) bond motifs is 1. The lowest BCUT2D eigenvalue weighted by molar-refractivity contribution is 0.0750. The second-order valence-corrected chi connectivity index (χ2v) is 12.0. The number of benzene rings is 1. The minimum absolute atomic E-state index is 0.0370. The van der Waals surface area contributed by atoms with E-state index in [1.807, 2.05) is 61.4 Å². The highest BCUT2D eigenvalue weighted by atomic mass is 35.5. The maximum Gasteiger partial charge on any atom is 0.408 e. The molecule has 1 saturated heterocycles. The van der Waals surface area contributed by atoms with Crippen molar-refractivity contribution in [3.63, 3.8) is 0 Å². The molecule has 2 fully saturated rings. The number of piperidine rings is 1. The summed E-state index contributed by atoms with van der Waals surface area (Å²) in [5, 5.41) is 9.51. The lowest BCUT2D eigenvalue weighted by atomic mass is 9.95. The van der Waals surface area contributed by atoms with Crippen LogP contribution in [0.4, 0.5) is 4.79 Å². The van der Waals surface area contributed by atoms with Crippen molar-refractivity contribution in [1.29, 1.82) is 0 Å². The van der Waals surface area contributed by atoms with E-state index in [-0.39, 0.29) is 35.6 Å². The van der Waals surface area contributed by atoms with E-state index in [1.165, 1.54) is 11.3 Å². The van der Waals surface area contributed by atoms with Gasteiger partial charge in [0, 0.05) is 42.6 Å². The minimum Gasteiger partial charge on any atom is -0.474 e. The maximum absolute atomic E-state index is 13.2. The van der Waals surface area contributed by atoms with Gasteiger partial charge in [-0.3, -0.25) is 4.79 Å². The number of alkyl carbamates (subject to hydrolysis) is 1. The van der Waals surface area contributed by atoms with Crippen LogP contribution in [0.25, 0.3) is 5.82 Å². The fraction of sp³-hybridized carbons (Fsp3) is 0.345. The Morgan fingerprint density at radius 2 is 1.93 bits per heavy atom. The van der Waals surface area contributed by atoms with Crippen LogP contribution in [-0.4, -0.2) is 55.8 Å². The molecular formula is C29H29ClN6O4S. The fourth-order valence-electron chi connectivity index (χ4n) is 5.21. The number of carbonyl (C=O) groups excluding carboxylic acids is 2. The molecule has 10 nitrogen and oxygen atoms in total. The number of rotatable bonds is 8. The fourth-order valence-corrected chi connectivity index (χ4v) is 5.93. The predicted molar refractivity (Wildman–Crippen MR) is 153 cm³/mol. The Labute approximate surface area is 246 Å². The van der Waals surface area contributed by atoms with E-state index >= 15 is 0 Å². The van der Waals surface area contributed by atoms with Gasteiger partial charge in [0.15, 0.2) is 5.82 Å². The minimum atomic E-state index is -0.790. The van der Waals surface area contributed by atoms with Crippen LogP contribution in [0, 0.1) is 18.8 Å². The molecule has 1 unspecified atom stereocenters. The van der Waals surface area contributed by atoms with Gasteiger partial charge >= 0.3 is 6.09 Å². The third kappa shape index (κ3) is 5.77. The second-order valence-electron chi connectivity index (χ2n) is 10.9. The predicted octanol–water partition coefficient (Wildman–Crippen LogP) is 5.00. The summed E-state index contributed by atoms with van der Waals surface area (Å²) in [6.07, 6.45) is 1.15. The van der Waals surface area contributed by atoms with Crippen molar-refractivity contribution in [2.24, 2.45) is 11.8 Å². The average molecular weight is 593 g/mol. The normalized spacial score (nSPS) is 19.5. The number of ether oxygens (including phenoxy) is 2. The Morgan fingerprint density at radius 1 is 1.17 bits per heavy atom. The number of amides is 2. The number of thiazole rings is 1. The molecule has 12 heteroatoms. The van der Waals surface area contributed by atoms with E-state index in [0.717, 1.165) is 11.1 Å². The topological polar surface area (TPSA) is 111 Å². The lowest BCUT2D eigenvalue weighted by Gasteiger charge is -2.27. The molecule has 4 aromatic rings. The van der Waals surface area contributed by atoms with E-state index in [4.69, 9.17) is 21.1 Å². The summed E-state index contributed by atoms with van der Waals surface area (Å²) in [6, 6.07) is 13.0. The molecule has 0 spiro atoms. The van der Waals surface area contributed by atoms with Gasteiger partial charge in [-0.1, -0.05) is 41.9 Å². The molecule has 1 aliphatic carbocycles. The average Bonchev–Trinajstić information content (AvgIpc) is 3.45. The van der Waals surface area contributed by atoms with Gasteiger partial charge in [-0.2, -0.15) is 5.10 Å². The van der Waals surface area contributed by atoms with Crippen molar-refractivity contribution in [2.75, 3.05) is 13.1 Å². The van der Waals surface area contributed by atoms with Crippen molar-refractivity contribution in [1.82, 2.24) is 30.0 Å². The number of aryl methyl sites for hydroxylation is 1. The smallest absolute Gasteiger partial charge is 0.408 e. The molecule has 1 aliphatic heterocycles. The Bertz CT molecular complexity index is 1560. The van der Waals surface area contributed by atoms with Crippen LogP contribution in [0.5, 0.6) is 5.88 Å². The van der Waals surface area contributed by atoms with Gasteiger partial charge in [-0.05, 0) is 38.0 Å². The van der Waals surface area contributed by atoms with Crippen LogP contribution in [-0.2, 0) is 16.9 Å². The number of hydrogen-bond acceptors (Lipinski definition) is 8. The van der Waals surface area contributed by atoms with E-state index in [2.05, 4.69) is 20.4 Å². The molecule has 1 N–H and O–H groups in total. The SMILES string of the molecule is Cc1nn(-c2cscn2)cc1C(=O)N1C[C@@H]2C(Oc3cc(C(C)(C)NC(=O)OCc4ccccc4)cc(Cl)n3)[C@@H]2C1. The molecule has 6 rings (SSSR count). The van der Waals surface area contributed by atoms with Gasteiger partial charge in [0.05, 0.1) is 22.3 Å². The molecule has 212 valence electrons. The molecule has 1 saturated carbocycles. The molecule has 1 aromatic carbocycles. The highest BCUT2D eigenvalue weighted by Crippen LogP contribution is 2.48. The van der Waals surface area contributed by atoms with Crippen molar-refractivity contribution < 1.29 is 19.1 Å². The number of halogens is 1. The number of nitrogens with one attached hydrogen (secondary N) is 1. The van der Waals surface area contributed by atoms with Crippen molar-refractivity contribution in [3.05, 3.63) is 87.1 Å². The molecular weight excluding hydrogens is 564 g/mol. The number of carbonyl (C=O) groups is 2. The summed E-state index contributed by atoms with van der Waals surface area (Å²) in [6.45, 7) is 6.93. The number of pyridine rings is 1. The molecule has 0 bridgehead atoms. The van der Waals surface area contributed by atoms with Gasteiger partial charge in [-0.25, -0.2) is 19.4 Å². The highest BCUT2D eigenvalue weighted by molar-refractivity contribution is 7.07. The molecule has 2 amide bonds. The third-order valence-electron chi connectivity index (χ3n) is 7.56. The van der Waals surface area contributed by atoms with Crippen LogP contribution in [0.15, 0.2) is 59.6 Å². The zero-order chi connectivity index (χ0) is 28.7. The molecule has 2 aliphatic rings. The van der Waals surface area contributed by atoms with Crippen molar-refractivity contribution in [2.45, 2.75) is 39.0 Å². The molecule has 3 atom stereocenters. The maximum atomic E-state index is 13.2. The Kier molecular flexibility index (Phi) is 7.16. The van der Waals surface area contributed by atoms with Crippen LogP contribution < -0.4 is 10.1 Å². The highest BCUT2D eigenvalue weighted by Gasteiger charge is 2.59. The monoisotopic (exact) mass is 592 g/mol. The first-order valence-corrected chi connectivity index (χ1v) is 14.6. The Balaban J connectivity index is 1.05. The second kappa shape index (κ2) is 10.8. The van der Waals surface area contributed by atoms with Gasteiger partial charge in [0.1, 0.15) is 17.9 Å². The number of aromatic nitrogens is 4. The first-order valence-electron chi connectivity index (χ1n) is 13.3. The van der Waals surface area contributed by atoms with Crippen LogP contribution >= 0.6 is 22.9 Å². The van der Waals surface area contributed by atoms with Gasteiger partial charge in [0.25, 0.3) is 5.91 Å². The van der Waals surface area contributed by atoms with Gasteiger partial charge < -0.3 is 19.7 Å². The quantitative estimate of drug-likeness (QED) is 0.287. The lowest BCUT2D eigenvalue weighted by Crippen LogP contribution is -2.41. The largest absolute Gasteiger partial charge is 0.474 e. The molecule has 4 heterocycles. The van der Waals surface area contributed by atoms with Gasteiger partial charge in [0.2, 0.25) is 5.88 Å². The summed E-state index contributed by atoms with van der Waals surface area (Å²) in [7, 11) is 0. The zero-order valence-corrected chi connectivity index (χ0v) is 24.4. The standard InChI is InChI=1S/C29H29ClN6O4S/c1-17-20(13-36(34-17)24-15-41-16-31-24)27(37)35-11-21-22(12-35)26(21)40-25-10-19(9-23(30)32-25)29(2,3)33-28(38)39-14-18-7-5-4-6-8-18/h4-10,13,15-16,21-22,26H,11-12,14H2,1-3H3,(H,33,38)/t21-,22+,26?. The first-order chi connectivity index (χ1) is 19.7. The van der Waals surface area contributed by atoms with E-state index in [1.54, 1.807) is 28.5 Å². The summed E-state index contributed by atoms with van der Waals surface area (Å²) in [5.74, 6) is 1.49. The van der Waals surface area contributed by atoms with E-state index in [9.17, 15) is 9.59 Å². The summed E-state index contributed by atoms with van der Waals surface area (Å²) in [5.41, 5.74) is 3.83. The summed E-state index contributed by atoms with van der Waals surface area (Å²) >= 11 is 7.82.